The molecule has 1 amide bonds. The molecule has 29 heavy (non-hydrogen) atoms. The standard InChI is InChI=1S/C23H34N4OS/c1-5-27-21(17-12-14-18(15-13-17)23(2,3)4)25-26-22(27)29-16-20(28)24-19-10-8-6-7-9-11-19/h12-15,19H,5-11,16H2,1-4H3,(H,24,28). The van der Waals surface area contributed by atoms with Crippen LogP contribution < -0.4 is 5.32 Å². The lowest BCUT2D eigenvalue weighted by molar-refractivity contribution is -0.119. The molecule has 0 unspecified atom stereocenters. The van der Waals surface area contributed by atoms with Crippen LogP contribution in [0.4, 0.5) is 0 Å². The number of nitrogens with zero attached hydrogens (tertiary/aromatic N) is 3. The number of hydrogen-bond acceptors (Lipinski definition) is 4. The predicted octanol–water partition coefficient (Wildman–Crippen LogP) is 5.19. The fraction of sp³-hybridized carbons (Fsp3) is 0.609. The van der Waals surface area contributed by atoms with Crippen molar-refractivity contribution in [2.45, 2.75) is 89.4 Å². The Balaban J connectivity index is 1.64. The second-order valence-corrected chi connectivity index (χ2v) is 9.86. The van der Waals surface area contributed by atoms with E-state index in [2.05, 4.69) is 72.0 Å². The van der Waals surface area contributed by atoms with Crippen LogP contribution in [-0.4, -0.2) is 32.5 Å². The van der Waals surface area contributed by atoms with Gasteiger partial charge in [0.15, 0.2) is 11.0 Å². The quantitative estimate of drug-likeness (QED) is 0.522. The maximum Gasteiger partial charge on any atom is 0.230 e. The van der Waals surface area contributed by atoms with Gasteiger partial charge in [-0.05, 0) is 30.7 Å². The molecule has 158 valence electrons. The number of aromatic nitrogens is 3. The summed E-state index contributed by atoms with van der Waals surface area (Å²) in [5.41, 5.74) is 2.48. The molecule has 0 spiro atoms. The maximum absolute atomic E-state index is 12.4. The molecule has 1 N–H and O–H groups in total. The summed E-state index contributed by atoms with van der Waals surface area (Å²) in [6.07, 6.45) is 7.24. The van der Waals surface area contributed by atoms with E-state index in [1.54, 1.807) is 0 Å². The third-order valence-electron chi connectivity index (χ3n) is 5.59. The van der Waals surface area contributed by atoms with Gasteiger partial charge in [-0.2, -0.15) is 0 Å². The van der Waals surface area contributed by atoms with Crippen molar-refractivity contribution in [3.63, 3.8) is 0 Å². The molecule has 2 aromatic rings. The molecular formula is C23H34N4OS. The van der Waals surface area contributed by atoms with Gasteiger partial charge >= 0.3 is 0 Å². The average molecular weight is 415 g/mol. The highest BCUT2D eigenvalue weighted by Crippen LogP contribution is 2.27. The van der Waals surface area contributed by atoms with Gasteiger partial charge in [-0.3, -0.25) is 4.79 Å². The molecule has 1 heterocycles. The zero-order valence-corrected chi connectivity index (χ0v) is 19.0. The number of nitrogens with one attached hydrogen (secondary N) is 1. The Hall–Kier alpha value is -1.82. The molecule has 5 nitrogen and oxygen atoms in total. The minimum absolute atomic E-state index is 0.101. The van der Waals surface area contributed by atoms with E-state index in [9.17, 15) is 4.79 Å². The van der Waals surface area contributed by atoms with Gasteiger partial charge in [0, 0.05) is 18.2 Å². The van der Waals surface area contributed by atoms with E-state index in [1.807, 2.05) is 0 Å². The SMILES string of the molecule is CCn1c(SCC(=O)NC2CCCCCC2)nnc1-c1ccc(C(C)(C)C)cc1. The summed E-state index contributed by atoms with van der Waals surface area (Å²) in [5, 5.41) is 12.8. The lowest BCUT2D eigenvalue weighted by Crippen LogP contribution is -2.35. The lowest BCUT2D eigenvalue weighted by Gasteiger charge is -2.19. The van der Waals surface area contributed by atoms with Crippen molar-refractivity contribution in [3.8, 4) is 11.4 Å². The van der Waals surface area contributed by atoms with E-state index >= 15 is 0 Å². The van der Waals surface area contributed by atoms with E-state index in [1.165, 1.54) is 43.0 Å². The van der Waals surface area contributed by atoms with E-state index < -0.39 is 0 Å². The van der Waals surface area contributed by atoms with Crippen molar-refractivity contribution in [1.82, 2.24) is 20.1 Å². The highest BCUT2D eigenvalue weighted by Gasteiger charge is 2.18. The second kappa shape index (κ2) is 9.79. The van der Waals surface area contributed by atoms with Crippen molar-refractivity contribution < 1.29 is 4.79 Å². The third-order valence-corrected chi connectivity index (χ3v) is 6.56. The van der Waals surface area contributed by atoms with Crippen LogP contribution in [0.3, 0.4) is 0 Å². The number of carbonyl (C=O) groups is 1. The zero-order chi connectivity index (χ0) is 20.9. The summed E-state index contributed by atoms with van der Waals surface area (Å²) in [7, 11) is 0. The Morgan fingerprint density at radius 1 is 1.10 bits per heavy atom. The molecule has 0 saturated heterocycles. The van der Waals surface area contributed by atoms with Crippen LogP contribution in [0.15, 0.2) is 29.4 Å². The molecule has 3 rings (SSSR count). The second-order valence-electron chi connectivity index (χ2n) is 8.92. The number of carbonyl (C=O) groups excluding carboxylic acids is 1. The van der Waals surface area contributed by atoms with Gasteiger partial charge in [-0.25, -0.2) is 0 Å². The van der Waals surface area contributed by atoms with E-state index in [0.717, 1.165) is 35.9 Å². The lowest BCUT2D eigenvalue weighted by atomic mass is 9.87. The molecule has 1 saturated carbocycles. The van der Waals surface area contributed by atoms with Crippen LogP contribution in [0.1, 0.15) is 71.8 Å². The van der Waals surface area contributed by atoms with E-state index in [-0.39, 0.29) is 11.3 Å². The first-order valence-electron chi connectivity index (χ1n) is 10.8. The zero-order valence-electron chi connectivity index (χ0n) is 18.2. The summed E-state index contributed by atoms with van der Waals surface area (Å²) < 4.78 is 2.09. The highest BCUT2D eigenvalue weighted by molar-refractivity contribution is 7.99. The average Bonchev–Trinajstić information content (AvgIpc) is 2.93. The summed E-state index contributed by atoms with van der Waals surface area (Å²) in [5.74, 6) is 1.35. The van der Waals surface area contributed by atoms with Gasteiger partial charge in [-0.15, -0.1) is 10.2 Å². The predicted molar refractivity (Wildman–Crippen MR) is 120 cm³/mol. The Labute approximate surface area is 179 Å². The Morgan fingerprint density at radius 2 is 1.76 bits per heavy atom. The van der Waals surface area contributed by atoms with Crippen LogP contribution >= 0.6 is 11.8 Å². The van der Waals surface area contributed by atoms with Gasteiger partial charge in [0.05, 0.1) is 5.75 Å². The van der Waals surface area contributed by atoms with Crippen LogP contribution in [0.5, 0.6) is 0 Å². The molecular weight excluding hydrogens is 380 g/mol. The minimum atomic E-state index is 0.101. The van der Waals surface area contributed by atoms with Crippen molar-refractivity contribution in [2.75, 3.05) is 5.75 Å². The largest absolute Gasteiger partial charge is 0.353 e. The van der Waals surface area contributed by atoms with Gasteiger partial charge in [0.25, 0.3) is 0 Å². The van der Waals surface area contributed by atoms with Crippen molar-refractivity contribution in [1.29, 1.82) is 0 Å². The van der Waals surface area contributed by atoms with Crippen molar-refractivity contribution >= 4 is 17.7 Å². The fourth-order valence-corrected chi connectivity index (χ4v) is 4.65. The Morgan fingerprint density at radius 3 is 2.34 bits per heavy atom. The monoisotopic (exact) mass is 414 g/mol. The smallest absolute Gasteiger partial charge is 0.230 e. The number of benzene rings is 1. The van der Waals surface area contributed by atoms with E-state index in [4.69, 9.17) is 0 Å². The number of rotatable bonds is 6. The molecule has 0 aliphatic heterocycles. The molecule has 1 aliphatic rings. The Bertz CT molecular complexity index is 799. The van der Waals surface area contributed by atoms with Gasteiger partial charge in [-0.1, -0.05) is 82.5 Å². The van der Waals surface area contributed by atoms with Crippen LogP contribution in [-0.2, 0) is 16.8 Å². The highest BCUT2D eigenvalue weighted by atomic mass is 32.2. The molecule has 1 aromatic heterocycles. The molecule has 1 aromatic carbocycles. The van der Waals surface area contributed by atoms with Gasteiger partial charge in [0.1, 0.15) is 0 Å². The summed E-state index contributed by atoms with van der Waals surface area (Å²) >= 11 is 1.47. The summed E-state index contributed by atoms with van der Waals surface area (Å²) in [6, 6.07) is 8.90. The molecule has 0 bridgehead atoms. The fourth-order valence-electron chi connectivity index (χ4n) is 3.84. The minimum Gasteiger partial charge on any atom is -0.353 e. The first-order valence-corrected chi connectivity index (χ1v) is 11.8. The van der Waals surface area contributed by atoms with Crippen molar-refractivity contribution in [3.05, 3.63) is 29.8 Å². The molecule has 0 radical (unpaired) electrons. The van der Waals surface area contributed by atoms with Crippen molar-refractivity contribution in [2.24, 2.45) is 0 Å². The molecule has 0 atom stereocenters. The number of hydrogen-bond donors (Lipinski definition) is 1. The van der Waals surface area contributed by atoms with Gasteiger partial charge in [0.2, 0.25) is 5.91 Å². The van der Waals surface area contributed by atoms with Crippen LogP contribution in [0.2, 0.25) is 0 Å². The van der Waals surface area contributed by atoms with Gasteiger partial charge < -0.3 is 9.88 Å². The van der Waals surface area contributed by atoms with E-state index in [0.29, 0.717) is 11.8 Å². The molecule has 1 fully saturated rings. The maximum atomic E-state index is 12.4. The summed E-state index contributed by atoms with van der Waals surface area (Å²) in [6.45, 7) is 9.50. The molecule has 1 aliphatic carbocycles. The normalized spacial score (nSPS) is 15.9. The third kappa shape index (κ3) is 5.84. The summed E-state index contributed by atoms with van der Waals surface area (Å²) in [4.78, 5) is 12.4. The number of amides is 1. The first-order chi connectivity index (χ1) is 13.9. The Kier molecular flexibility index (Phi) is 7.38. The topological polar surface area (TPSA) is 59.8 Å². The number of thioether (sulfide) groups is 1. The van der Waals surface area contributed by atoms with Crippen LogP contribution in [0.25, 0.3) is 11.4 Å². The van der Waals surface area contributed by atoms with Crippen LogP contribution in [0, 0.1) is 0 Å². The first kappa shape index (κ1) is 21.9. The molecule has 6 heteroatoms.